The molecule has 6 nitrogen and oxygen atoms in total. The van der Waals surface area contributed by atoms with E-state index in [1.165, 1.54) is 6.07 Å². The highest BCUT2D eigenvalue weighted by atomic mass is 79.9. The molecule has 2 heterocycles. The molecule has 10 heteroatoms. The topological polar surface area (TPSA) is 65.0 Å². The third kappa shape index (κ3) is 5.12. The van der Waals surface area contributed by atoms with E-state index < -0.39 is 35.1 Å². The van der Waals surface area contributed by atoms with Crippen molar-refractivity contribution >= 4 is 22.0 Å². The molecule has 1 atom stereocenters. The standard InChI is InChI=1S/C31H27BrF3N3O3/c1-29(27-25(33)17-18-26(32)36-27)30(34,35)19-41-28(37-29)38-31(20-7-5-4-6-8-20,21-9-13-23(39-2)14-10-21)22-11-15-24(40-3)16-12-22/h4-18H,19H2,1-3H3,(H,37,38)/t29-/m1/s1. The minimum Gasteiger partial charge on any atom is -0.497 e. The average Bonchev–Trinajstić information content (AvgIpc) is 2.99. The molecule has 212 valence electrons. The summed E-state index contributed by atoms with van der Waals surface area (Å²) >= 11 is 3.17. The third-order valence-electron chi connectivity index (χ3n) is 7.25. The van der Waals surface area contributed by atoms with Crippen LogP contribution in [-0.4, -0.2) is 37.8 Å². The maximum Gasteiger partial charge on any atom is 0.311 e. The second-order valence-electron chi connectivity index (χ2n) is 9.64. The second-order valence-corrected chi connectivity index (χ2v) is 10.5. The number of rotatable bonds is 7. The van der Waals surface area contributed by atoms with Crippen LogP contribution in [0.2, 0.25) is 0 Å². The van der Waals surface area contributed by atoms with Gasteiger partial charge in [0.05, 0.1) is 14.2 Å². The average molecular weight is 626 g/mol. The van der Waals surface area contributed by atoms with Crippen molar-refractivity contribution in [1.82, 2.24) is 10.3 Å². The molecule has 1 N–H and O–H groups in total. The highest BCUT2D eigenvalue weighted by Gasteiger charge is 2.58. The van der Waals surface area contributed by atoms with E-state index in [4.69, 9.17) is 14.2 Å². The Morgan fingerprint density at radius 1 is 0.829 bits per heavy atom. The van der Waals surface area contributed by atoms with Gasteiger partial charge in [-0.1, -0.05) is 54.6 Å². The summed E-state index contributed by atoms with van der Waals surface area (Å²) in [6.45, 7) is 0.110. The number of benzene rings is 3. The fourth-order valence-electron chi connectivity index (χ4n) is 4.91. The van der Waals surface area contributed by atoms with Gasteiger partial charge in [0.25, 0.3) is 6.02 Å². The Balaban J connectivity index is 1.75. The molecule has 0 radical (unpaired) electrons. The van der Waals surface area contributed by atoms with Crippen molar-refractivity contribution in [2.45, 2.75) is 23.9 Å². The Morgan fingerprint density at radius 3 is 1.90 bits per heavy atom. The number of aliphatic imine (C=N–C) groups is 1. The number of hydrogen-bond donors (Lipinski definition) is 1. The zero-order valence-corrected chi connectivity index (χ0v) is 24.1. The predicted octanol–water partition coefficient (Wildman–Crippen LogP) is 6.82. The Labute approximate surface area is 244 Å². The van der Waals surface area contributed by atoms with Crippen molar-refractivity contribution < 1.29 is 27.4 Å². The van der Waals surface area contributed by atoms with Crippen LogP contribution in [0.4, 0.5) is 13.2 Å². The Hall–Kier alpha value is -4.05. The minimum absolute atomic E-state index is 0.199. The number of nitrogens with one attached hydrogen (secondary N) is 1. The number of alkyl halides is 2. The van der Waals surface area contributed by atoms with E-state index in [1.807, 2.05) is 54.6 Å². The molecule has 3 aromatic carbocycles. The first-order chi connectivity index (χ1) is 19.6. The molecule has 1 aromatic heterocycles. The molecule has 0 saturated heterocycles. The number of methoxy groups -OCH3 is 2. The summed E-state index contributed by atoms with van der Waals surface area (Å²) in [4.78, 5) is 8.38. The maximum atomic E-state index is 15.5. The number of halogens is 4. The molecule has 0 fully saturated rings. The lowest BCUT2D eigenvalue weighted by Gasteiger charge is -2.42. The van der Waals surface area contributed by atoms with Crippen molar-refractivity contribution in [3.05, 3.63) is 124 Å². The molecule has 1 aliphatic heterocycles. The highest BCUT2D eigenvalue weighted by molar-refractivity contribution is 9.10. The van der Waals surface area contributed by atoms with Gasteiger partial charge >= 0.3 is 5.92 Å². The summed E-state index contributed by atoms with van der Waals surface area (Å²) in [6, 6.07) is 26.4. The van der Waals surface area contributed by atoms with Crippen LogP contribution in [0.15, 0.2) is 101 Å². The number of aromatic nitrogens is 1. The van der Waals surface area contributed by atoms with Gasteiger partial charge in [-0.15, -0.1) is 0 Å². The van der Waals surface area contributed by atoms with Crippen LogP contribution in [0.5, 0.6) is 11.5 Å². The molecule has 0 bridgehead atoms. The van der Waals surface area contributed by atoms with E-state index in [1.54, 1.807) is 38.5 Å². The van der Waals surface area contributed by atoms with E-state index in [0.717, 1.165) is 29.7 Å². The Kier molecular flexibility index (Phi) is 7.70. The van der Waals surface area contributed by atoms with Crippen LogP contribution in [0.25, 0.3) is 0 Å². The zero-order chi connectivity index (χ0) is 29.3. The lowest BCUT2D eigenvalue weighted by molar-refractivity contribution is -0.120. The summed E-state index contributed by atoms with van der Waals surface area (Å²) in [7, 11) is 3.14. The SMILES string of the molecule is COc1ccc(C(NC2=N[C@](C)(c3nc(Br)ccc3F)C(F)(F)CO2)(c2ccccc2)c2ccc(OC)cc2)cc1. The molecule has 0 spiro atoms. The van der Waals surface area contributed by atoms with E-state index in [9.17, 15) is 4.39 Å². The van der Waals surface area contributed by atoms with E-state index >= 15 is 8.78 Å². The lowest BCUT2D eigenvalue weighted by Crippen LogP contribution is -2.56. The maximum absolute atomic E-state index is 15.5. The fraction of sp³-hybridized carbons (Fsp3) is 0.226. The lowest BCUT2D eigenvalue weighted by atomic mass is 9.77. The van der Waals surface area contributed by atoms with Crippen molar-refractivity contribution in [2.24, 2.45) is 4.99 Å². The predicted molar refractivity (Wildman–Crippen MR) is 153 cm³/mol. The largest absolute Gasteiger partial charge is 0.497 e. The van der Waals surface area contributed by atoms with Gasteiger partial charge in [0.1, 0.15) is 33.2 Å². The number of pyridine rings is 1. The van der Waals surface area contributed by atoms with Gasteiger partial charge in [-0.3, -0.25) is 0 Å². The number of ether oxygens (including phenoxy) is 3. The van der Waals surface area contributed by atoms with Crippen LogP contribution in [0.3, 0.4) is 0 Å². The Bertz CT molecular complexity index is 1500. The molecule has 4 aromatic rings. The molecule has 1 aliphatic rings. The Morgan fingerprint density at radius 2 is 1.37 bits per heavy atom. The van der Waals surface area contributed by atoms with E-state index in [-0.39, 0.29) is 10.6 Å². The van der Waals surface area contributed by atoms with Crippen LogP contribution < -0.4 is 14.8 Å². The van der Waals surface area contributed by atoms with Gasteiger partial charge in [-0.2, -0.15) is 8.78 Å². The number of nitrogens with zero attached hydrogens (tertiary/aromatic N) is 2. The number of amidine groups is 1. The van der Waals surface area contributed by atoms with Crippen LogP contribution >= 0.6 is 15.9 Å². The van der Waals surface area contributed by atoms with Crippen LogP contribution in [0, 0.1) is 5.82 Å². The first kappa shape index (κ1) is 28.5. The van der Waals surface area contributed by atoms with Crippen LogP contribution in [-0.2, 0) is 15.8 Å². The van der Waals surface area contributed by atoms with Crippen LogP contribution in [0.1, 0.15) is 29.3 Å². The quantitative estimate of drug-likeness (QED) is 0.180. The van der Waals surface area contributed by atoms with Gasteiger partial charge in [-0.05, 0) is 75.9 Å². The minimum atomic E-state index is -3.57. The van der Waals surface area contributed by atoms with E-state index in [0.29, 0.717) is 11.5 Å². The smallest absolute Gasteiger partial charge is 0.311 e. The summed E-state index contributed by atoms with van der Waals surface area (Å²) in [5.74, 6) is -3.19. The van der Waals surface area contributed by atoms with Crippen molar-refractivity contribution in [3.63, 3.8) is 0 Å². The number of hydrogen-bond acceptors (Lipinski definition) is 6. The van der Waals surface area contributed by atoms with Gasteiger partial charge in [-0.25, -0.2) is 14.4 Å². The molecule has 0 aliphatic carbocycles. The highest BCUT2D eigenvalue weighted by Crippen LogP contribution is 2.45. The summed E-state index contributed by atoms with van der Waals surface area (Å²) < 4.78 is 62.5. The van der Waals surface area contributed by atoms with E-state index in [2.05, 4.69) is 31.2 Å². The molecule has 0 amide bonds. The molecular weight excluding hydrogens is 599 g/mol. The fourth-order valence-corrected chi connectivity index (χ4v) is 5.22. The molecule has 5 rings (SSSR count). The summed E-state index contributed by atoms with van der Waals surface area (Å²) in [6.07, 6.45) is 0. The molecule has 0 saturated carbocycles. The van der Waals surface area contributed by atoms with Gasteiger partial charge in [0.2, 0.25) is 0 Å². The molecule has 0 unspecified atom stereocenters. The normalized spacial score (nSPS) is 18.2. The van der Waals surface area contributed by atoms with Crippen molar-refractivity contribution in [3.8, 4) is 11.5 Å². The van der Waals surface area contributed by atoms with Crippen molar-refractivity contribution in [1.29, 1.82) is 0 Å². The second kappa shape index (κ2) is 11.1. The van der Waals surface area contributed by atoms with Gasteiger partial charge < -0.3 is 19.5 Å². The first-order valence-corrected chi connectivity index (χ1v) is 13.5. The molecular formula is C31H27BrF3N3O3. The molecule has 41 heavy (non-hydrogen) atoms. The summed E-state index contributed by atoms with van der Waals surface area (Å²) in [5.41, 5.74) is -1.80. The monoisotopic (exact) mass is 625 g/mol. The zero-order valence-electron chi connectivity index (χ0n) is 22.5. The summed E-state index contributed by atoms with van der Waals surface area (Å²) in [5, 5.41) is 3.34. The van der Waals surface area contributed by atoms with Gasteiger partial charge in [0, 0.05) is 0 Å². The van der Waals surface area contributed by atoms with Crippen molar-refractivity contribution in [2.75, 3.05) is 20.8 Å². The third-order valence-corrected chi connectivity index (χ3v) is 7.69. The first-order valence-electron chi connectivity index (χ1n) is 12.7. The van der Waals surface area contributed by atoms with Gasteiger partial charge in [0.15, 0.2) is 12.1 Å².